The fraction of sp³-hybridized carbons (Fsp3) is 0.929. The second kappa shape index (κ2) is 4.04. The molecule has 19 heavy (non-hydrogen) atoms. The van der Waals surface area contributed by atoms with Gasteiger partial charge in [-0.3, -0.25) is 4.79 Å². The number of sulfonamides is 1. The molecule has 0 spiro atoms. The topological polar surface area (TPSA) is 54.5 Å². The average Bonchev–Trinajstić information content (AvgIpc) is 2.95. The lowest BCUT2D eigenvalue weighted by molar-refractivity contribution is -0.128. The van der Waals surface area contributed by atoms with Crippen molar-refractivity contribution < 1.29 is 13.2 Å². The zero-order valence-corrected chi connectivity index (χ0v) is 12.6. The Morgan fingerprint density at radius 3 is 2.37 bits per heavy atom. The van der Waals surface area contributed by atoms with Gasteiger partial charge in [-0.05, 0) is 37.0 Å². The van der Waals surface area contributed by atoms with Crippen LogP contribution >= 0.6 is 0 Å². The minimum absolute atomic E-state index is 0.0440. The summed E-state index contributed by atoms with van der Waals surface area (Å²) in [6.07, 6.45) is 4.26. The van der Waals surface area contributed by atoms with Gasteiger partial charge in [-0.2, -0.15) is 0 Å². The molecule has 3 rings (SSSR count). The van der Waals surface area contributed by atoms with Crippen molar-refractivity contribution in [2.45, 2.75) is 46.0 Å². The van der Waals surface area contributed by atoms with Crippen molar-refractivity contribution in [2.24, 2.45) is 16.7 Å². The quantitative estimate of drug-likeness (QED) is 0.794. The minimum atomic E-state index is -3.28. The Kier molecular flexibility index (Phi) is 2.88. The van der Waals surface area contributed by atoms with Crippen molar-refractivity contribution in [3.8, 4) is 0 Å². The normalized spacial score (nSPS) is 38.2. The molecular formula is C14H23NO3S. The lowest BCUT2D eigenvalue weighted by Crippen LogP contribution is -2.46. The first-order valence-electron chi connectivity index (χ1n) is 7.31. The molecule has 1 saturated heterocycles. The number of fused-ring (bicyclic) bond motifs is 2. The Hall–Kier alpha value is -0.420. The zero-order valence-electron chi connectivity index (χ0n) is 11.8. The first-order valence-corrected chi connectivity index (χ1v) is 8.92. The van der Waals surface area contributed by atoms with Crippen molar-refractivity contribution in [1.82, 2.24) is 4.31 Å². The first kappa shape index (κ1) is 13.6. The number of nitrogens with zero attached hydrogens (tertiary/aromatic N) is 1. The van der Waals surface area contributed by atoms with Gasteiger partial charge in [-0.15, -0.1) is 0 Å². The van der Waals surface area contributed by atoms with Crippen molar-refractivity contribution in [3.63, 3.8) is 0 Å². The Morgan fingerprint density at radius 2 is 1.89 bits per heavy atom. The average molecular weight is 285 g/mol. The van der Waals surface area contributed by atoms with Crippen LogP contribution < -0.4 is 0 Å². The molecule has 0 N–H and O–H groups in total. The smallest absolute Gasteiger partial charge is 0.215 e. The van der Waals surface area contributed by atoms with Crippen molar-refractivity contribution >= 4 is 15.8 Å². The highest BCUT2D eigenvalue weighted by Crippen LogP contribution is 2.64. The van der Waals surface area contributed by atoms with Crippen LogP contribution in [0, 0.1) is 16.7 Å². The van der Waals surface area contributed by atoms with E-state index in [2.05, 4.69) is 13.8 Å². The molecule has 108 valence electrons. The summed E-state index contributed by atoms with van der Waals surface area (Å²) in [5.74, 6) is 0.618. The molecule has 2 bridgehead atoms. The van der Waals surface area contributed by atoms with Gasteiger partial charge in [0.1, 0.15) is 5.78 Å². The van der Waals surface area contributed by atoms with E-state index in [0.29, 0.717) is 25.4 Å². The van der Waals surface area contributed by atoms with Gasteiger partial charge in [0.2, 0.25) is 10.0 Å². The van der Waals surface area contributed by atoms with Crippen molar-refractivity contribution in [3.05, 3.63) is 0 Å². The van der Waals surface area contributed by atoms with Gasteiger partial charge in [-0.25, -0.2) is 12.7 Å². The summed E-state index contributed by atoms with van der Waals surface area (Å²) < 4.78 is 26.8. The van der Waals surface area contributed by atoms with E-state index in [0.717, 1.165) is 25.7 Å². The molecule has 0 radical (unpaired) electrons. The maximum absolute atomic E-state index is 12.6. The third-order valence-corrected chi connectivity index (χ3v) is 8.04. The van der Waals surface area contributed by atoms with Crippen LogP contribution in [0.15, 0.2) is 0 Å². The van der Waals surface area contributed by atoms with Crippen LogP contribution in [0.1, 0.15) is 46.0 Å². The molecule has 1 unspecified atom stereocenters. The second-order valence-electron chi connectivity index (χ2n) is 7.03. The monoisotopic (exact) mass is 285 g/mol. The summed E-state index contributed by atoms with van der Waals surface area (Å²) in [5.41, 5.74) is -0.768. The van der Waals surface area contributed by atoms with Crippen LogP contribution in [-0.2, 0) is 14.8 Å². The molecule has 0 aromatic carbocycles. The van der Waals surface area contributed by atoms with Gasteiger partial charge in [0.25, 0.3) is 0 Å². The highest BCUT2D eigenvalue weighted by Gasteiger charge is 2.65. The number of hydrogen-bond donors (Lipinski definition) is 0. The highest BCUT2D eigenvalue weighted by molar-refractivity contribution is 7.89. The standard InChI is InChI=1S/C14H23NO3S/c1-13(2)11-5-6-14(13,12(16)9-11)10-19(17,18)15-7-3-4-8-15/h11H,3-10H2,1-2H3/t11?,14-/m0/s1. The molecule has 1 aliphatic heterocycles. The Balaban J connectivity index is 1.91. The van der Waals surface area contributed by atoms with Gasteiger partial charge in [-0.1, -0.05) is 13.8 Å². The molecular weight excluding hydrogens is 262 g/mol. The van der Waals surface area contributed by atoms with Crippen LogP contribution in [-0.4, -0.2) is 37.3 Å². The molecule has 4 nitrogen and oxygen atoms in total. The molecule has 2 atom stereocenters. The summed E-state index contributed by atoms with van der Waals surface area (Å²) in [6.45, 7) is 5.46. The van der Waals surface area contributed by atoms with E-state index < -0.39 is 15.4 Å². The SMILES string of the molecule is CC1(C)C2CC[C@]1(CS(=O)(=O)N1CCCC1)C(=O)C2. The van der Waals surface area contributed by atoms with Gasteiger partial charge in [0.05, 0.1) is 5.75 Å². The molecule has 3 aliphatic rings. The Morgan fingerprint density at radius 1 is 1.26 bits per heavy atom. The minimum Gasteiger partial charge on any atom is -0.299 e. The molecule has 2 aliphatic carbocycles. The number of hydrogen-bond acceptors (Lipinski definition) is 3. The molecule has 0 aromatic rings. The molecule has 5 heteroatoms. The maximum Gasteiger partial charge on any atom is 0.215 e. The van der Waals surface area contributed by atoms with Crippen LogP contribution in [0.5, 0.6) is 0 Å². The van der Waals surface area contributed by atoms with Crippen LogP contribution in [0.2, 0.25) is 0 Å². The Bertz CT molecular complexity index is 505. The fourth-order valence-corrected chi connectivity index (χ4v) is 6.77. The second-order valence-corrected chi connectivity index (χ2v) is 9.00. The van der Waals surface area contributed by atoms with E-state index in [1.54, 1.807) is 4.31 Å². The van der Waals surface area contributed by atoms with E-state index in [9.17, 15) is 13.2 Å². The number of rotatable bonds is 3. The predicted molar refractivity (Wildman–Crippen MR) is 73.2 cm³/mol. The zero-order chi connectivity index (χ0) is 13.9. The number of carbonyl (C=O) groups excluding carboxylic acids is 1. The van der Waals surface area contributed by atoms with Crippen LogP contribution in [0.4, 0.5) is 0 Å². The molecule has 1 heterocycles. The molecule has 0 amide bonds. The summed E-state index contributed by atoms with van der Waals surface area (Å²) in [7, 11) is -3.28. The third-order valence-electron chi connectivity index (χ3n) is 6.03. The van der Waals surface area contributed by atoms with Gasteiger partial charge in [0.15, 0.2) is 0 Å². The van der Waals surface area contributed by atoms with Crippen LogP contribution in [0.3, 0.4) is 0 Å². The van der Waals surface area contributed by atoms with Gasteiger partial charge < -0.3 is 0 Å². The number of Topliss-reactive ketones (excluding diaryl/α,β-unsaturated/α-hetero) is 1. The van der Waals surface area contributed by atoms with Gasteiger partial charge in [0, 0.05) is 24.9 Å². The highest BCUT2D eigenvalue weighted by atomic mass is 32.2. The van der Waals surface area contributed by atoms with Crippen molar-refractivity contribution in [1.29, 1.82) is 0 Å². The predicted octanol–water partition coefficient (Wildman–Crippen LogP) is 1.81. The van der Waals surface area contributed by atoms with E-state index in [1.165, 1.54) is 0 Å². The van der Waals surface area contributed by atoms with Crippen molar-refractivity contribution in [2.75, 3.05) is 18.8 Å². The summed E-state index contributed by atoms with van der Waals surface area (Å²) in [5, 5.41) is 0. The van der Waals surface area contributed by atoms with E-state index in [-0.39, 0.29) is 17.0 Å². The molecule has 0 aromatic heterocycles. The third kappa shape index (κ3) is 1.74. The largest absolute Gasteiger partial charge is 0.299 e. The number of ketones is 1. The molecule has 2 saturated carbocycles. The summed E-state index contributed by atoms with van der Waals surface area (Å²) in [4.78, 5) is 12.4. The lowest BCUT2D eigenvalue weighted by Gasteiger charge is -2.37. The van der Waals surface area contributed by atoms with Crippen LogP contribution in [0.25, 0.3) is 0 Å². The molecule has 3 fully saturated rings. The fourth-order valence-electron chi connectivity index (χ4n) is 4.48. The number of carbonyl (C=O) groups is 1. The summed E-state index contributed by atoms with van der Waals surface area (Å²) in [6, 6.07) is 0. The Labute approximate surface area is 115 Å². The van der Waals surface area contributed by atoms with E-state index in [4.69, 9.17) is 0 Å². The maximum atomic E-state index is 12.6. The summed E-state index contributed by atoms with van der Waals surface area (Å²) >= 11 is 0. The van der Waals surface area contributed by atoms with E-state index >= 15 is 0 Å². The van der Waals surface area contributed by atoms with E-state index in [1.807, 2.05) is 0 Å². The lowest BCUT2D eigenvalue weighted by atomic mass is 9.70. The first-order chi connectivity index (χ1) is 8.80. The van der Waals surface area contributed by atoms with Gasteiger partial charge >= 0.3 is 0 Å².